The van der Waals surface area contributed by atoms with Crippen molar-refractivity contribution < 1.29 is 18.3 Å². The zero-order valence-electron chi connectivity index (χ0n) is 17.6. The average Bonchev–Trinajstić information content (AvgIpc) is 2.77. The number of hydrogen-bond acceptors (Lipinski definition) is 4. The molecule has 164 valence electrons. The molecule has 0 bridgehead atoms. The van der Waals surface area contributed by atoms with Crippen LogP contribution in [0.15, 0.2) is 59.7 Å². The highest BCUT2D eigenvalue weighted by atomic mass is 19.3. The smallest absolute Gasteiger partial charge is 0.387 e. The van der Waals surface area contributed by atoms with Crippen molar-refractivity contribution in [3.05, 3.63) is 65.9 Å². The quantitative estimate of drug-likeness (QED) is 0.388. The summed E-state index contributed by atoms with van der Waals surface area (Å²) < 4.78 is 36.0. The number of halogens is 2. The molecule has 3 rings (SSSR count). The summed E-state index contributed by atoms with van der Waals surface area (Å²) in [5.41, 5.74) is 2.51. The molecule has 0 aliphatic rings. The van der Waals surface area contributed by atoms with Gasteiger partial charge in [-0.2, -0.15) is 8.78 Å². The van der Waals surface area contributed by atoms with Crippen LogP contribution >= 0.6 is 0 Å². The number of nitrogens with zero attached hydrogens (tertiary/aromatic N) is 2. The standard InChI is InChI=1S/C23H26F2N4O2/c1-3-26-23(28-14-16-12-13-27-19-10-6-5-9-18(16)19)29-15-17-8-7-11-20(30-4-2)21(17)31-22(24)25/h5-13,22H,3-4,14-15H2,1-2H3,(H2,26,28,29). The Morgan fingerprint density at radius 2 is 1.87 bits per heavy atom. The molecular formula is C23H26F2N4O2. The van der Waals surface area contributed by atoms with Crippen molar-refractivity contribution >= 4 is 16.9 Å². The van der Waals surface area contributed by atoms with Gasteiger partial charge in [-0.3, -0.25) is 4.98 Å². The van der Waals surface area contributed by atoms with Gasteiger partial charge < -0.3 is 20.1 Å². The van der Waals surface area contributed by atoms with Gasteiger partial charge in [0, 0.05) is 30.2 Å². The fourth-order valence-corrected chi connectivity index (χ4v) is 3.17. The third-order valence-electron chi connectivity index (χ3n) is 4.50. The van der Waals surface area contributed by atoms with Gasteiger partial charge in [-0.25, -0.2) is 4.99 Å². The number of aliphatic imine (C=N–C) groups is 1. The van der Waals surface area contributed by atoms with Crippen molar-refractivity contribution in [3.8, 4) is 11.5 Å². The highest BCUT2D eigenvalue weighted by Gasteiger charge is 2.15. The third kappa shape index (κ3) is 6.04. The average molecular weight is 428 g/mol. The Bertz CT molecular complexity index is 1020. The van der Waals surface area contributed by atoms with Crippen molar-refractivity contribution in [1.82, 2.24) is 15.6 Å². The van der Waals surface area contributed by atoms with E-state index >= 15 is 0 Å². The molecule has 2 N–H and O–H groups in total. The minimum absolute atomic E-state index is 0.0130. The van der Waals surface area contributed by atoms with Gasteiger partial charge in [0.15, 0.2) is 17.5 Å². The van der Waals surface area contributed by atoms with Crippen LogP contribution in [-0.2, 0) is 13.1 Å². The number of hydrogen-bond donors (Lipinski definition) is 2. The van der Waals surface area contributed by atoms with Crippen molar-refractivity contribution in [3.63, 3.8) is 0 Å². The van der Waals surface area contributed by atoms with E-state index < -0.39 is 6.61 Å². The Kier molecular flexibility index (Phi) is 7.98. The number of guanidine groups is 1. The highest BCUT2D eigenvalue weighted by molar-refractivity contribution is 5.83. The fraction of sp³-hybridized carbons (Fsp3) is 0.304. The number of nitrogens with one attached hydrogen (secondary N) is 2. The Balaban J connectivity index is 1.79. The van der Waals surface area contributed by atoms with E-state index in [1.165, 1.54) is 0 Å². The van der Waals surface area contributed by atoms with E-state index in [1.807, 2.05) is 37.3 Å². The van der Waals surface area contributed by atoms with Crippen molar-refractivity contribution in [2.24, 2.45) is 4.99 Å². The molecule has 1 aromatic heterocycles. The fourth-order valence-electron chi connectivity index (χ4n) is 3.17. The molecule has 2 aromatic carbocycles. The van der Waals surface area contributed by atoms with Crippen LogP contribution in [0.4, 0.5) is 8.78 Å². The van der Waals surface area contributed by atoms with E-state index in [4.69, 9.17) is 9.47 Å². The molecule has 0 amide bonds. The summed E-state index contributed by atoms with van der Waals surface area (Å²) in [5.74, 6) is 0.851. The molecule has 0 spiro atoms. The SMILES string of the molecule is CCNC(=NCc1cccc(OCC)c1OC(F)F)NCc1ccnc2ccccc12. The molecule has 0 unspecified atom stereocenters. The predicted molar refractivity (Wildman–Crippen MR) is 118 cm³/mol. The molecule has 3 aromatic rings. The van der Waals surface area contributed by atoms with Crippen LogP contribution in [-0.4, -0.2) is 30.7 Å². The first-order valence-corrected chi connectivity index (χ1v) is 10.2. The maximum atomic E-state index is 12.9. The molecule has 0 saturated heterocycles. The molecule has 0 radical (unpaired) electrons. The van der Waals surface area contributed by atoms with Crippen molar-refractivity contribution in [2.75, 3.05) is 13.2 Å². The van der Waals surface area contributed by atoms with Gasteiger partial charge in [-0.05, 0) is 37.6 Å². The van der Waals surface area contributed by atoms with Crippen LogP contribution in [0, 0.1) is 0 Å². The molecule has 0 saturated carbocycles. The molecular weight excluding hydrogens is 402 g/mol. The van der Waals surface area contributed by atoms with Gasteiger partial charge in [0.25, 0.3) is 0 Å². The largest absolute Gasteiger partial charge is 0.490 e. The third-order valence-corrected chi connectivity index (χ3v) is 4.50. The molecule has 6 nitrogen and oxygen atoms in total. The predicted octanol–water partition coefficient (Wildman–Crippen LogP) is 4.49. The Morgan fingerprint density at radius 3 is 2.65 bits per heavy atom. The molecule has 0 fully saturated rings. The van der Waals surface area contributed by atoms with Crippen LogP contribution in [0.3, 0.4) is 0 Å². The lowest BCUT2D eigenvalue weighted by atomic mass is 10.1. The number of pyridine rings is 1. The maximum absolute atomic E-state index is 12.9. The maximum Gasteiger partial charge on any atom is 0.387 e. The van der Waals surface area contributed by atoms with Crippen LogP contribution in [0.2, 0.25) is 0 Å². The molecule has 0 aliphatic carbocycles. The van der Waals surface area contributed by atoms with E-state index in [9.17, 15) is 8.78 Å². The second kappa shape index (κ2) is 11.1. The molecule has 31 heavy (non-hydrogen) atoms. The minimum atomic E-state index is -2.95. The summed E-state index contributed by atoms with van der Waals surface area (Å²) in [7, 11) is 0. The lowest BCUT2D eigenvalue weighted by Crippen LogP contribution is -2.36. The minimum Gasteiger partial charge on any atom is -0.490 e. The molecule has 1 heterocycles. The first kappa shape index (κ1) is 22.3. The van der Waals surface area contributed by atoms with Gasteiger partial charge in [0.2, 0.25) is 0 Å². The summed E-state index contributed by atoms with van der Waals surface area (Å²) in [6.45, 7) is 2.48. The summed E-state index contributed by atoms with van der Waals surface area (Å²) in [5, 5.41) is 7.53. The Morgan fingerprint density at radius 1 is 1.03 bits per heavy atom. The van der Waals surface area contributed by atoms with Crippen molar-refractivity contribution in [1.29, 1.82) is 0 Å². The van der Waals surface area contributed by atoms with E-state index in [2.05, 4.69) is 20.6 Å². The number of rotatable bonds is 9. The number of aromatic nitrogens is 1. The first-order chi connectivity index (χ1) is 15.1. The number of para-hydroxylation sites is 2. The van der Waals surface area contributed by atoms with Gasteiger partial charge in [-0.1, -0.05) is 30.3 Å². The van der Waals surface area contributed by atoms with Crippen LogP contribution in [0.25, 0.3) is 10.9 Å². The zero-order chi connectivity index (χ0) is 22.1. The van der Waals surface area contributed by atoms with E-state index in [0.717, 1.165) is 16.5 Å². The van der Waals surface area contributed by atoms with E-state index in [0.29, 0.717) is 31.2 Å². The lowest BCUT2D eigenvalue weighted by molar-refractivity contribution is -0.0520. The van der Waals surface area contributed by atoms with E-state index in [1.54, 1.807) is 31.3 Å². The topological polar surface area (TPSA) is 67.8 Å². The number of benzene rings is 2. The van der Waals surface area contributed by atoms with Crippen LogP contribution < -0.4 is 20.1 Å². The second-order valence-corrected chi connectivity index (χ2v) is 6.59. The Labute approximate surface area is 180 Å². The normalized spacial score (nSPS) is 11.6. The van der Waals surface area contributed by atoms with Gasteiger partial charge in [0.1, 0.15) is 0 Å². The summed E-state index contributed by atoms with van der Waals surface area (Å²) in [6.07, 6.45) is 1.77. The second-order valence-electron chi connectivity index (χ2n) is 6.59. The molecule has 0 atom stereocenters. The van der Waals surface area contributed by atoms with Gasteiger partial charge in [0.05, 0.1) is 18.7 Å². The lowest BCUT2D eigenvalue weighted by Gasteiger charge is -2.16. The molecule has 8 heteroatoms. The highest BCUT2D eigenvalue weighted by Crippen LogP contribution is 2.33. The van der Waals surface area contributed by atoms with Gasteiger partial charge in [-0.15, -0.1) is 0 Å². The van der Waals surface area contributed by atoms with E-state index in [-0.39, 0.29) is 18.0 Å². The van der Waals surface area contributed by atoms with Crippen LogP contribution in [0.1, 0.15) is 25.0 Å². The van der Waals surface area contributed by atoms with Gasteiger partial charge >= 0.3 is 6.61 Å². The first-order valence-electron chi connectivity index (χ1n) is 10.2. The summed E-state index contributed by atoms with van der Waals surface area (Å²) in [6, 6.07) is 14.9. The monoisotopic (exact) mass is 428 g/mol. The summed E-state index contributed by atoms with van der Waals surface area (Å²) >= 11 is 0. The van der Waals surface area contributed by atoms with Crippen LogP contribution in [0.5, 0.6) is 11.5 Å². The Hall–Kier alpha value is -3.42. The zero-order valence-corrected chi connectivity index (χ0v) is 17.6. The van der Waals surface area contributed by atoms with Crippen molar-refractivity contribution in [2.45, 2.75) is 33.5 Å². The number of ether oxygens (including phenoxy) is 2. The molecule has 0 aliphatic heterocycles. The number of fused-ring (bicyclic) bond motifs is 1. The summed E-state index contributed by atoms with van der Waals surface area (Å²) in [4.78, 5) is 8.92. The number of alkyl halides is 2.